The number of nitrogens with two attached hydrogens (primary N) is 1. The standard InChI is InChI=1S/C11H17NO4S2/c1-11(2,12)8-6-5-7-9(17(3,13)14)10(8)18(4,15)16/h5-7H,12H2,1-4H3. The number of hydrogen-bond donors (Lipinski definition) is 1. The molecule has 0 amide bonds. The number of sulfone groups is 2. The van der Waals surface area contributed by atoms with Crippen LogP contribution in [0, 0.1) is 0 Å². The Balaban J connectivity index is 3.91. The van der Waals surface area contributed by atoms with E-state index < -0.39 is 25.2 Å². The van der Waals surface area contributed by atoms with Crippen LogP contribution in [-0.4, -0.2) is 29.3 Å². The molecule has 0 radical (unpaired) electrons. The van der Waals surface area contributed by atoms with Gasteiger partial charge in [0.25, 0.3) is 0 Å². The fourth-order valence-corrected chi connectivity index (χ4v) is 4.54. The van der Waals surface area contributed by atoms with Crippen molar-refractivity contribution in [2.45, 2.75) is 29.2 Å². The molecule has 2 N–H and O–H groups in total. The van der Waals surface area contributed by atoms with Crippen molar-refractivity contribution in [2.75, 3.05) is 12.5 Å². The molecular weight excluding hydrogens is 274 g/mol. The van der Waals surface area contributed by atoms with E-state index in [1.165, 1.54) is 18.2 Å². The third kappa shape index (κ3) is 3.09. The average molecular weight is 291 g/mol. The van der Waals surface area contributed by atoms with Gasteiger partial charge in [-0.05, 0) is 25.5 Å². The van der Waals surface area contributed by atoms with Crippen LogP contribution in [-0.2, 0) is 25.2 Å². The minimum absolute atomic E-state index is 0.207. The predicted molar refractivity (Wildman–Crippen MR) is 69.9 cm³/mol. The van der Waals surface area contributed by atoms with Gasteiger partial charge in [-0.2, -0.15) is 0 Å². The quantitative estimate of drug-likeness (QED) is 0.884. The van der Waals surface area contributed by atoms with Crippen molar-refractivity contribution in [3.63, 3.8) is 0 Å². The van der Waals surface area contributed by atoms with Crippen LogP contribution in [0.1, 0.15) is 19.4 Å². The highest BCUT2D eigenvalue weighted by atomic mass is 32.2. The Labute approximate surface area is 108 Å². The van der Waals surface area contributed by atoms with Crippen LogP contribution in [0.25, 0.3) is 0 Å². The summed E-state index contributed by atoms with van der Waals surface area (Å²) in [7, 11) is -7.32. The van der Waals surface area contributed by atoms with E-state index in [1.54, 1.807) is 13.8 Å². The van der Waals surface area contributed by atoms with E-state index in [2.05, 4.69) is 0 Å². The second-order valence-corrected chi connectivity index (χ2v) is 8.84. The Hall–Kier alpha value is -0.920. The zero-order chi connectivity index (χ0) is 14.4. The van der Waals surface area contributed by atoms with Gasteiger partial charge in [-0.25, -0.2) is 16.8 Å². The average Bonchev–Trinajstić information content (AvgIpc) is 2.12. The topological polar surface area (TPSA) is 94.3 Å². The maximum atomic E-state index is 11.8. The molecule has 0 unspecified atom stereocenters. The molecule has 5 nitrogen and oxygen atoms in total. The maximum Gasteiger partial charge on any atom is 0.177 e. The van der Waals surface area contributed by atoms with Crippen molar-refractivity contribution < 1.29 is 16.8 Å². The van der Waals surface area contributed by atoms with Crippen LogP contribution in [0.4, 0.5) is 0 Å². The van der Waals surface area contributed by atoms with Crippen LogP contribution in [0.2, 0.25) is 0 Å². The van der Waals surface area contributed by atoms with Crippen LogP contribution in [0.5, 0.6) is 0 Å². The molecule has 0 aliphatic heterocycles. The Bertz CT molecular complexity index is 667. The van der Waals surface area contributed by atoms with Crippen LogP contribution in [0.3, 0.4) is 0 Å². The molecule has 1 rings (SSSR count). The fraction of sp³-hybridized carbons (Fsp3) is 0.455. The lowest BCUT2D eigenvalue weighted by atomic mass is 9.96. The zero-order valence-electron chi connectivity index (χ0n) is 10.8. The summed E-state index contributed by atoms with van der Waals surface area (Å²) in [5.41, 5.74) is 5.26. The lowest BCUT2D eigenvalue weighted by Gasteiger charge is -2.23. The summed E-state index contributed by atoms with van der Waals surface area (Å²) in [4.78, 5) is -0.416. The summed E-state index contributed by atoms with van der Waals surface area (Å²) in [5.74, 6) is 0. The zero-order valence-corrected chi connectivity index (χ0v) is 12.4. The lowest BCUT2D eigenvalue weighted by molar-refractivity contribution is 0.529. The second-order valence-electron chi connectivity index (χ2n) is 4.90. The Kier molecular flexibility index (Phi) is 3.64. The van der Waals surface area contributed by atoms with Crippen molar-refractivity contribution in [1.82, 2.24) is 0 Å². The molecule has 0 fully saturated rings. The molecule has 0 heterocycles. The van der Waals surface area contributed by atoms with Crippen LogP contribution in [0.15, 0.2) is 28.0 Å². The van der Waals surface area contributed by atoms with Crippen molar-refractivity contribution >= 4 is 19.7 Å². The van der Waals surface area contributed by atoms with Gasteiger partial charge in [-0.3, -0.25) is 0 Å². The summed E-state index contributed by atoms with van der Waals surface area (Å²) in [6, 6.07) is 4.31. The Morgan fingerprint density at radius 2 is 1.50 bits per heavy atom. The van der Waals surface area contributed by atoms with Crippen molar-refractivity contribution in [3.05, 3.63) is 23.8 Å². The monoisotopic (exact) mass is 291 g/mol. The van der Waals surface area contributed by atoms with E-state index in [1.807, 2.05) is 0 Å². The van der Waals surface area contributed by atoms with Gasteiger partial charge in [0.2, 0.25) is 0 Å². The maximum absolute atomic E-state index is 11.8. The molecule has 0 saturated heterocycles. The summed E-state index contributed by atoms with van der Waals surface area (Å²) in [6.07, 6.45) is 1.95. The SMILES string of the molecule is CC(C)(N)c1cccc(S(C)(=O)=O)c1S(C)(=O)=O. The molecule has 18 heavy (non-hydrogen) atoms. The minimum Gasteiger partial charge on any atom is -0.322 e. The van der Waals surface area contributed by atoms with Gasteiger partial charge in [0.1, 0.15) is 0 Å². The summed E-state index contributed by atoms with van der Waals surface area (Å²) < 4.78 is 47.0. The first-order valence-corrected chi connectivity index (χ1v) is 8.96. The van der Waals surface area contributed by atoms with Gasteiger partial charge in [0.05, 0.1) is 9.79 Å². The van der Waals surface area contributed by atoms with E-state index >= 15 is 0 Å². The number of rotatable bonds is 3. The Morgan fingerprint density at radius 3 is 1.83 bits per heavy atom. The highest BCUT2D eigenvalue weighted by Crippen LogP contribution is 2.30. The van der Waals surface area contributed by atoms with E-state index in [0.29, 0.717) is 5.56 Å². The highest BCUT2D eigenvalue weighted by Gasteiger charge is 2.29. The summed E-state index contributed by atoms with van der Waals surface area (Å²) in [5, 5.41) is 0. The van der Waals surface area contributed by atoms with E-state index in [4.69, 9.17) is 5.73 Å². The third-order valence-electron chi connectivity index (χ3n) is 2.44. The van der Waals surface area contributed by atoms with Gasteiger partial charge >= 0.3 is 0 Å². The van der Waals surface area contributed by atoms with Crippen LogP contribution < -0.4 is 5.73 Å². The van der Waals surface area contributed by atoms with Gasteiger partial charge in [-0.1, -0.05) is 12.1 Å². The smallest absolute Gasteiger partial charge is 0.177 e. The van der Waals surface area contributed by atoms with Crippen molar-refractivity contribution in [3.8, 4) is 0 Å². The molecule has 0 aliphatic carbocycles. The third-order valence-corrected chi connectivity index (χ3v) is 4.89. The largest absolute Gasteiger partial charge is 0.322 e. The first-order chi connectivity index (χ1) is 7.85. The number of hydrogen-bond acceptors (Lipinski definition) is 5. The molecule has 0 aromatic heterocycles. The molecule has 0 atom stereocenters. The van der Waals surface area contributed by atoms with Gasteiger partial charge in [0.15, 0.2) is 19.7 Å². The van der Waals surface area contributed by atoms with Crippen LogP contribution >= 0.6 is 0 Å². The summed E-state index contributed by atoms with van der Waals surface area (Å²) >= 11 is 0. The molecule has 102 valence electrons. The molecule has 0 bridgehead atoms. The van der Waals surface area contributed by atoms with Gasteiger partial charge in [0, 0.05) is 18.1 Å². The molecule has 0 aliphatic rings. The molecular formula is C11H17NO4S2. The predicted octanol–water partition coefficient (Wildman–Crippen LogP) is 0.687. The molecule has 0 saturated carbocycles. The molecule has 1 aromatic rings. The molecule has 1 aromatic carbocycles. The van der Waals surface area contributed by atoms with E-state index in [0.717, 1.165) is 12.5 Å². The normalized spacial score (nSPS) is 13.6. The fourth-order valence-electron chi connectivity index (χ4n) is 1.70. The number of benzene rings is 1. The second kappa shape index (κ2) is 4.32. The van der Waals surface area contributed by atoms with Crippen molar-refractivity contribution in [1.29, 1.82) is 0 Å². The summed E-state index contributed by atoms with van der Waals surface area (Å²) in [6.45, 7) is 3.26. The molecule has 0 spiro atoms. The first-order valence-electron chi connectivity index (χ1n) is 5.17. The van der Waals surface area contributed by atoms with Crippen molar-refractivity contribution in [2.24, 2.45) is 5.73 Å². The minimum atomic E-state index is -3.69. The Morgan fingerprint density at radius 1 is 1.00 bits per heavy atom. The van der Waals surface area contributed by atoms with E-state index in [9.17, 15) is 16.8 Å². The highest BCUT2D eigenvalue weighted by molar-refractivity contribution is 7.93. The van der Waals surface area contributed by atoms with Gasteiger partial charge in [-0.15, -0.1) is 0 Å². The lowest BCUT2D eigenvalue weighted by Crippen LogP contribution is -2.31. The van der Waals surface area contributed by atoms with Gasteiger partial charge < -0.3 is 5.73 Å². The van der Waals surface area contributed by atoms with E-state index in [-0.39, 0.29) is 9.79 Å². The first kappa shape index (κ1) is 15.1. The molecule has 7 heteroatoms.